The third kappa shape index (κ3) is 4.12. The summed E-state index contributed by atoms with van der Waals surface area (Å²) in [5, 5.41) is 8.87. The van der Waals surface area contributed by atoms with Crippen molar-refractivity contribution >= 4 is 45.9 Å². The number of fused-ring (bicyclic) bond motifs is 1. The summed E-state index contributed by atoms with van der Waals surface area (Å²) in [6.07, 6.45) is 2.35. The second-order valence-corrected chi connectivity index (χ2v) is 7.96. The maximum absolute atomic E-state index is 12.9. The minimum atomic E-state index is -0.0902. The molecular formula is C21H24BrClN4O2. The molecule has 4 rings (SSSR count). The average Bonchev–Trinajstić information content (AvgIpc) is 3.47. The Kier molecular flexibility index (Phi) is 6.19. The van der Waals surface area contributed by atoms with Crippen LogP contribution in [0, 0.1) is 5.41 Å². The molecule has 154 valence electrons. The predicted molar refractivity (Wildman–Crippen MR) is 120 cm³/mol. The van der Waals surface area contributed by atoms with Gasteiger partial charge in [0.1, 0.15) is 11.5 Å². The molecule has 6 nitrogen and oxygen atoms in total. The molecule has 1 aromatic carbocycles. The number of carbonyl (C=O) groups excluding carboxylic acids is 1. The van der Waals surface area contributed by atoms with E-state index in [1.54, 1.807) is 24.1 Å². The molecule has 1 saturated carbocycles. The number of pyridine rings is 1. The Hall–Kier alpha value is -2.12. The Bertz CT molecular complexity index is 975. The first-order valence-electron chi connectivity index (χ1n) is 9.30. The number of carbonyl (C=O) groups is 1. The fourth-order valence-corrected chi connectivity index (χ4v) is 3.84. The van der Waals surface area contributed by atoms with E-state index in [-0.39, 0.29) is 29.3 Å². The lowest BCUT2D eigenvalue weighted by Crippen LogP contribution is -2.30. The van der Waals surface area contributed by atoms with Gasteiger partial charge in [-0.15, -0.1) is 17.0 Å². The van der Waals surface area contributed by atoms with Crippen LogP contribution >= 0.6 is 28.6 Å². The van der Waals surface area contributed by atoms with E-state index in [0.717, 1.165) is 16.9 Å². The number of benzene rings is 1. The van der Waals surface area contributed by atoms with Gasteiger partial charge in [0.2, 0.25) is 0 Å². The summed E-state index contributed by atoms with van der Waals surface area (Å²) in [5.74, 6) is 1.31. The number of ketones is 1. The first-order chi connectivity index (χ1) is 13.4. The third-order valence-corrected chi connectivity index (χ3v) is 5.54. The Labute approximate surface area is 186 Å². The first kappa shape index (κ1) is 21.6. The largest absolute Gasteiger partial charge is 0.493 e. The monoisotopic (exact) mass is 478 g/mol. The van der Waals surface area contributed by atoms with Gasteiger partial charge in [0.25, 0.3) is 0 Å². The van der Waals surface area contributed by atoms with Crippen LogP contribution in [0.2, 0.25) is 5.02 Å². The van der Waals surface area contributed by atoms with Crippen LogP contribution in [0.5, 0.6) is 5.75 Å². The van der Waals surface area contributed by atoms with Gasteiger partial charge in [-0.05, 0) is 31.0 Å². The smallest absolute Gasteiger partial charge is 0.182 e. The van der Waals surface area contributed by atoms with Crippen LogP contribution in [0.15, 0.2) is 24.3 Å². The van der Waals surface area contributed by atoms with E-state index in [2.05, 4.69) is 11.1 Å². The zero-order chi connectivity index (χ0) is 20.0. The summed E-state index contributed by atoms with van der Waals surface area (Å²) < 4.78 is 5.36. The van der Waals surface area contributed by atoms with Gasteiger partial charge in [-0.25, -0.2) is 4.98 Å². The van der Waals surface area contributed by atoms with Gasteiger partial charge in [0.05, 0.1) is 24.4 Å². The predicted octanol–water partition coefficient (Wildman–Crippen LogP) is 4.29. The average molecular weight is 480 g/mol. The van der Waals surface area contributed by atoms with Crippen molar-refractivity contribution < 1.29 is 9.53 Å². The first-order valence-corrected chi connectivity index (χ1v) is 9.68. The van der Waals surface area contributed by atoms with Gasteiger partial charge in [-0.2, -0.15) is 0 Å². The maximum Gasteiger partial charge on any atom is 0.182 e. The summed E-state index contributed by atoms with van der Waals surface area (Å²) in [6.45, 7) is 0.645. The quantitative estimate of drug-likeness (QED) is 0.626. The van der Waals surface area contributed by atoms with Crippen molar-refractivity contribution in [2.45, 2.75) is 25.3 Å². The highest BCUT2D eigenvalue weighted by Crippen LogP contribution is 2.40. The number of nitrogens with one attached hydrogen (secondary N) is 1. The van der Waals surface area contributed by atoms with Crippen LogP contribution in [0.25, 0.3) is 0 Å². The summed E-state index contributed by atoms with van der Waals surface area (Å²) >= 11 is 6.32. The number of nitrogens with zero attached hydrogens (tertiary/aromatic N) is 3. The van der Waals surface area contributed by atoms with Crippen LogP contribution in [-0.4, -0.2) is 49.3 Å². The van der Waals surface area contributed by atoms with Gasteiger partial charge < -0.3 is 14.5 Å². The van der Waals surface area contributed by atoms with Crippen molar-refractivity contribution in [3.8, 4) is 5.75 Å². The van der Waals surface area contributed by atoms with Gasteiger partial charge in [-0.3, -0.25) is 10.2 Å². The summed E-state index contributed by atoms with van der Waals surface area (Å²) in [6, 6.07) is 7.51. The molecule has 8 heteroatoms. The fraction of sp³-hybridized carbons (Fsp3) is 0.381. The lowest BCUT2D eigenvalue weighted by molar-refractivity contribution is 0.0962. The van der Waals surface area contributed by atoms with Crippen molar-refractivity contribution in [2.75, 3.05) is 32.6 Å². The van der Waals surface area contributed by atoms with Crippen LogP contribution in [0.3, 0.4) is 0 Å². The molecule has 0 bridgehead atoms. The lowest BCUT2D eigenvalue weighted by Gasteiger charge is -2.20. The molecule has 1 aromatic heterocycles. The molecule has 1 fully saturated rings. The summed E-state index contributed by atoms with van der Waals surface area (Å²) in [7, 11) is 5.30. The molecule has 2 aliphatic rings. The van der Waals surface area contributed by atoms with E-state index in [1.165, 1.54) is 12.8 Å². The highest BCUT2D eigenvalue weighted by Gasteiger charge is 2.31. The molecule has 2 aromatic rings. The van der Waals surface area contributed by atoms with Crippen LogP contribution in [0.1, 0.15) is 46.1 Å². The molecule has 0 spiro atoms. The van der Waals surface area contributed by atoms with Crippen molar-refractivity contribution in [3.05, 3.63) is 51.8 Å². The highest BCUT2D eigenvalue weighted by molar-refractivity contribution is 8.93. The molecule has 0 saturated heterocycles. The van der Waals surface area contributed by atoms with Crippen LogP contribution in [0.4, 0.5) is 5.69 Å². The van der Waals surface area contributed by atoms with Crippen molar-refractivity contribution in [1.29, 1.82) is 5.41 Å². The molecular weight excluding hydrogens is 456 g/mol. The number of amidine groups is 1. The van der Waals surface area contributed by atoms with Gasteiger partial charge >= 0.3 is 0 Å². The topological polar surface area (TPSA) is 69.5 Å². The summed E-state index contributed by atoms with van der Waals surface area (Å²) in [4.78, 5) is 21.2. The Morgan fingerprint density at radius 2 is 2.07 bits per heavy atom. The molecule has 0 radical (unpaired) electrons. The number of Topliss-reactive ketones (excluding diaryl/α,β-unsaturated/α-hetero) is 1. The fourth-order valence-electron chi connectivity index (χ4n) is 3.55. The minimum absolute atomic E-state index is 0. The van der Waals surface area contributed by atoms with E-state index in [0.29, 0.717) is 40.3 Å². The minimum Gasteiger partial charge on any atom is -0.493 e. The molecule has 2 heterocycles. The molecule has 1 aliphatic heterocycles. The number of methoxy groups -OCH3 is 1. The summed E-state index contributed by atoms with van der Waals surface area (Å²) in [5.41, 5.74) is 4.02. The SMILES string of the molecule is Br.COc1c(Cl)cc(C(=O)CN2Cc3ccc(C4CC4)nc3C2=N)cc1N(C)C. The third-order valence-electron chi connectivity index (χ3n) is 5.26. The number of anilines is 1. The number of ether oxygens (including phenoxy) is 1. The van der Waals surface area contributed by atoms with Gasteiger partial charge in [0, 0.05) is 43.4 Å². The number of hydrogen-bond donors (Lipinski definition) is 1. The van der Waals surface area contributed by atoms with Crippen LogP contribution < -0.4 is 9.64 Å². The number of rotatable bonds is 6. The Morgan fingerprint density at radius 3 is 2.69 bits per heavy atom. The molecule has 0 amide bonds. The maximum atomic E-state index is 12.9. The number of aromatic nitrogens is 1. The van der Waals surface area contributed by atoms with E-state index in [1.807, 2.05) is 25.1 Å². The molecule has 0 unspecified atom stereocenters. The van der Waals surface area contributed by atoms with E-state index < -0.39 is 0 Å². The normalized spacial score (nSPS) is 15.0. The van der Waals surface area contributed by atoms with Crippen molar-refractivity contribution in [3.63, 3.8) is 0 Å². The van der Waals surface area contributed by atoms with Gasteiger partial charge in [0.15, 0.2) is 11.5 Å². The lowest BCUT2D eigenvalue weighted by atomic mass is 10.1. The second kappa shape index (κ2) is 8.32. The van der Waals surface area contributed by atoms with E-state index in [9.17, 15) is 4.79 Å². The zero-order valence-corrected chi connectivity index (χ0v) is 19.1. The van der Waals surface area contributed by atoms with Gasteiger partial charge in [-0.1, -0.05) is 17.7 Å². The Morgan fingerprint density at radius 1 is 1.34 bits per heavy atom. The second-order valence-electron chi connectivity index (χ2n) is 7.55. The van der Waals surface area contributed by atoms with E-state index in [4.69, 9.17) is 21.7 Å². The number of hydrogen-bond acceptors (Lipinski definition) is 5. The molecule has 1 aliphatic carbocycles. The zero-order valence-electron chi connectivity index (χ0n) is 16.7. The molecule has 0 atom stereocenters. The van der Waals surface area contributed by atoms with Crippen LogP contribution in [-0.2, 0) is 6.54 Å². The molecule has 1 N–H and O–H groups in total. The highest BCUT2D eigenvalue weighted by atomic mass is 79.9. The Balaban J connectivity index is 0.00000240. The molecule has 29 heavy (non-hydrogen) atoms. The standard InChI is InChI=1S/C21H23ClN4O2.BrH/c1-25(2)17-9-14(8-15(22)20(17)28-3)18(27)11-26-10-13-6-7-16(12-4-5-12)24-19(13)21(26)23;/h6-9,12,23H,4-5,10-11H2,1-3H3;1H. The van der Waals surface area contributed by atoms with Crippen molar-refractivity contribution in [1.82, 2.24) is 9.88 Å². The van der Waals surface area contributed by atoms with E-state index >= 15 is 0 Å². The van der Waals surface area contributed by atoms with Crippen molar-refractivity contribution in [2.24, 2.45) is 0 Å². The number of halogens is 2.